The average molecular weight is 381 g/mol. The molecule has 3 rings (SSSR count). The summed E-state index contributed by atoms with van der Waals surface area (Å²) in [5.41, 5.74) is 8.27. The van der Waals surface area contributed by atoms with Crippen LogP contribution in [0.2, 0.25) is 5.02 Å². The first-order valence-corrected chi connectivity index (χ1v) is 8.51. The molecule has 1 aromatic heterocycles. The molecule has 2 aromatic carbocycles. The molecule has 0 unspecified atom stereocenters. The Morgan fingerprint density at radius 3 is 2.41 bits per heavy atom. The lowest BCUT2D eigenvalue weighted by molar-refractivity contribution is 0.102. The second-order valence-corrected chi connectivity index (χ2v) is 6.34. The third-order valence-electron chi connectivity index (χ3n) is 3.84. The number of nitrogens with two attached hydrogens (primary N) is 1. The minimum absolute atomic E-state index is 0.299. The zero-order valence-electron chi connectivity index (χ0n) is 14.5. The van der Waals surface area contributed by atoms with Gasteiger partial charge in [0.15, 0.2) is 0 Å². The molecular weight excluding hydrogens is 364 g/mol. The fraction of sp³-hybridized carbons (Fsp3) is 0.0500. The quantitative estimate of drug-likeness (QED) is 0.593. The van der Waals surface area contributed by atoms with E-state index < -0.39 is 11.8 Å². The number of benzene rings is 2. The summed E-state index contributed by atoms with van der Waals surface area (Å²) >= 11 is 5.80. The maximum atomic E-state index is 12.6. The molecule has 0 radical (unpaired) electrons. The van der Waals surface area contributed by atoms with Gasteiger partial charge in [-0.25, -0.2) is 4.98 Å². The van der Waals surface area contributed by atoms with Gasteiger partial charge in [-0.1, -0.05) is 29.8 Å². The predicted molar refractivity (Wildman–Crippen MR) is 107 cm³/mol. The molecule has 0 fully saturated rings. The highest BCUT2D eigenvalue weighted by Gasteiger charge is 2.16. The van der Waals surface area contributed by atoms with E-state index in [9.17, 15) is 9.59 Å². The number of carbonyl (C=O) groups excluding carboxylic acids is 2. The molecule has 0 spiro atoms. The highest BCUT2D eigenvalue weighted by atomic mass is 35.5. The molecule has 3 aromatic rings. The van der Waals surface area contributed by atoms with Crippen LogP contribution in [-0.2, 0) is 0 Å². The smallest absolute Gasteiger partial charge is 0.258 e. The second-order valence-electron chi connectivity index (χ2n) is 5.91. The maximum Gasteiger partial charge on any atom is 0.258 e. The maximum absolute atomic E-state index is 12.6. The van der Waals surface area contributed by atoms with E-state index in [-0.39, 0.29) is 0 Å². The van der Waals surface area contributed by atoms with Crippen LogP contribution < -0.4 is 16.4 Å². The fourth-order valence-electron chi connectivity index (χ4n) is 2.50. The number of aromatic nitrogens is 1. The molecule has 27 heavy (non-hydrogen) atoms. The third-order valence-corrected chi connectivity index (χ3v) is 4.06. The molecule has 2 amide bonds. The van der Waals surface area contributed by atoms with Crippen molar-refractivity contribution in [1.29, 1.82) is 0 Å². The number of aryl methyl sites for hydroxylation is 1. The summed E-state index contributed by atoms with van der Waals surface area (Å²) in [5.74, 6) is -0.441. The molecular formula is C20H17ClN4O2. The van der Waals surface area contributed by atoms with Crippen LogP contribution in [-0.4, -0.2) is 16.8 Å². The van der Waals surface area contributed by atoms with Crippen LogP contribution in [0.5, 0.6) is 0 Å². The van der Waals surface area contributed by atoms with Crippen molar-refractivity contribution in [1.82, 2.24) is 4.98 Å². The number of amides is 2. The number of carbonyl (C=O) groups is 2. The van der Waals surface area contributed by atoms with Gasteiger partial charge in [0.25, 0.3) is 11.8 Å². The van der Waals surface area contributed by atoms with Crippen LogP contribution in [0, 0.1) is 6.92 Å². The van der Waals surface area contributed by atoms with Gasteiger partial charge in [-0.2, -0.15) is 0 Å². The fourth-order valence-corrected chi connectivity index (χ4v) is 2.61. The Morgan fingerprint density at radius 1 is 0.963 bits per heavy atom. The van der Waals surface area contributed by atoms with Gasteiger partial charge < -0.3 is 16.4 Å². The van der Waals surface area contributed by atoms with Crippen molar-refractivity contribution in [3.63, 3.8) is 0 Å². The van der Waals surface area contributed by atoms with Gasteiger partial charge in [-0.15, -0.1) is 0 Å². The average Bonchev–Trinajstić information content (AvgIpc) is 2.64. The summed E-state index contributed by atoms with van der Waals surface area (Å²) in [5, 5.41) is 5.88. The predicted octanol–water partition coefficient (Wildman–Crippen LogP) is 4.13. The van der Waals surface area contributed by atoms with Gasteiger partial charge in [0.05, 0.1) is 21.8 Å². The van der Waals surface area contributed by atoms with Crippen LogP contribution in [0.3, 0.4) is 0 Å². The van der Waals surface area contributed by atoms with E-state index in [1.807, 2.05) is 6.92 Å². The number of rotatable bonds is 4. The molecule has 6 nitrogen and oxygen atoms in total. The standard InChI is InChI=1S/C20H17ClN4O2/c1-12-6-8-14(16(22)10-12)19(26)24-17-5-3-2-4-15(17)20(27)25-18-9-7-13(21)11-23-18/h2-11H,22H2,1H3,(H,24,26)(H,23,25,27). The Labute approximate surface area is 161 Å². The van der Waals surface area contributed by atoms with Crippen LogP contribution in [0.25, 0.3) is 0 Å². The lowest BCUT2D eigenvalue weighted by Gasteiger charge is -2.12. The zero-order chi connectivity index (χ0) is 19.4. The zero-order valence-corrected chi connectivity index (χ0v) is 15.2. The van der Waals surface area contributed by atoms with Gasteiger partial charge in [0.2, 0.25) is 0 Å². The third kappa shape index (κ3) is 4.43. The second kappa shape index (κ2) is 7.88. The summed E-state index contributed by atoms with van der Waals surface area (Å²) < 4.78 is 0. The topological polar surface area (TPSA) is 97.1 Å². The largest absolute Gasteiger partial charge is 0.398 e. The lowest BCUT2D eigenvalue weighted by atomic mass is 10.1. The Morgan fingerprint density at radius 2 is 1.70 bits per heavy atom. The molecule has 0 aliphatic carbocycles. The van der Waals surface area contributed by atoms with E-state index >= 15 is 0 Å². The number of hydrogen-bond acceptors (Lipinski definition) is 4. The van der Waals surface area contributed by atoms with Crippen molar-refractivity contribution in [2.45, 2.75) is 6.92 Å². The highest BCUT2D eigenvalue weighted by Crippen LogP contribution is 2.20. The SMILES string of the molecule is Cc1ccc(C(=O)Nc2ccccc2C(=O)Nc2ccc(Cl)cn2)c(N)c1. The summed E-state index contributed by atoms with van der Waals surface area (Å²) in [7, 11) is 0. The Hall–Kier alpha value is -3.38. The lowest BCUT2D eigenvalue weighted by Crippen LogP contribution is -2.19. The van der Waals surface area contributed by atoms with Gasteiger partial charge in [-0.05, 0) is 48.9 Å². The number of hydrogen-bond donors (Lipinski definition) is 3. The number of anilines is 3. The number of para-hydroxylation sites is 1. The van der Waals surface area contributed by atoms with Crippen LogP contribution in [0.1, 0.15) is 26.3 Å². The number of halogens is 1. The van der Waals surface area contributed by atoms with Gasteiger partial charge >= 0.3 is 0 Å². The summed E-state index contributed by atoms with van der Waals surface area (Å²) in [6.45, 7) is 1.89. The van der Waals surface area contributed by atoms with Crippen molar-refractivity contribution in [2.75, 3.05) is 16.4 Å². The molecule has 4 N–H and O–H groups in total. The Kier molecular flexibility index (Phi) is 5.38. The molecule has 0 aliphatic heterocycles. The van der Waals surface area contributed by atoms with E-state index in [4.69, 9.17) is 17.3 Å². The Bertz CT molecular complexity index is 1000. The van der Waals surface area contributed by atoms with Crippen molar-refractivity contribution in [2.24, 2.45) is 0 Å². The Balaban J connectivity index is 1.82. The molecule has 1 heterocycles. The van der Waals surface area contributed by atoms with Crippen molar-refractivity contribution in [3.05, 3.63) is 82.5 Å². The summed E-state index contributed by atoms with van der Waals surface area (Å²) in [4.78, 5) is 29.2. The first-order chi connectivity index (χ1) is 12.9. The number of nitrogen functional groups attached to an aromatic ring is 1. The molecule has 0 saturated heterocycles. The van der Waals surface area contributed by atoms with Gasteiger partial charge in [0, 0.05) is 11.9 Å². The van der Waals surface area contributed by atoms with Gasteiger partial charge in [0.1, 0.15) is 5.82 Å². The van der Waals surface area contributed by atoms with E-state index in [2.05, 4.69) is 15.6 Å². The number of nitrogens with one attached hydrogen (secondary N) is 2. The van der Waals surface area contributed by atoms with Crippen molar-refractivity contribution in [3.8, 4) is 0 Å². The molecule has 0 atom stereocenters. The van der Waals surface area contributed by atoms with Crippen molar-refractivity contribution >= 4 is 40.6 Å². The van der Waals surface area contributed by atoms with Gasteiger partial charge in [-0.3, -0.25) is 9.59 Å². The first-order valence-electron chi connectivity index (χ1n) is 8.13. The summed E-state index contributed by atoms with van der Waals surface area (Å²) in [6, 6.07) is 15.1. The van der Waals surface area contributed by atoms with Crippen LogP contribution in [0.4, 0.5) is 17.2 Å². The van der Waals surface area contributed by atoms with E-state index in [1.54, 1.807) is 54.6 Å². The number of pyridine rings is 1. The normalized spacial score (nSPS) is 10.3. The molecule has 0 saturated carbocycles. The molecule has 136 valence electrons. The minimum Gasteiger partial charge on any atom is -0.398 e. The van der Waals surface area contributed by atoms with Crippen molar-refractivity contribution < 1.29 is 9.59 Å². The molecule has 7 heteroatoms. The van der Waals surface area contributed by atoms with Crippen LogP contribution in [0.15, 0.2) is 60.8 Å². The highest BCUT2D eigenvalue weighted by molar-refractivity contribution is 6.30. The monoisotopic (exact) mass is 380 g/mol. The summed E-state index contributed by atoms with van der Waals surface area (Å²) in [6.07, 6.45) is 1.44. The molecule has 0 aliphatic rings. The van der Waals surface area contributed by atoms with E-state index in [1.165, 1.54) is 6.20 Å². The minimum atomic E-state index is -0.405. The molecule has 0 bridgehead atoms. The van der Waals surface area contributed by atoms with E-state index in [0.717, 1.165) is 5.56 Å². The first kappa shape index (κ1) is 18.4. The number of nitrogens with zero attached hydrogens (tertiary/aromatic N) is 1. The van der Waals surface area contributed by atoms with E-state index in [0.29, 0.717) is 33.3 Å². The van der Waals surface area contributed by atoms with Crippen LogP contribution >= 0.6 is 11.6 Å².